The van der Waals surface area contributed by atoms with Gasteiger partial charge in [-0.3, -0.25) is 4.55 Å². The van der Waals surface area contributed by atoms with Crippen molar-refractivity contribution in [2.45, 2.75) is 18.6 Å². The van der Waals surface area contributed by atoms with Crippen molar-refractivity contribution in [3.63, 3.8) is 0 Å². The van der Waals surface area contributed by atoms with Crippen molar-refractivity contribution in [3.05, 3.63) is 12.2 Å². The van der Waals surface area contributed by atoms with Crippen LogP contribution in [0.15, 0.2) is 12.2 Å². The second kappa shape index (κ2) is 3.03. The molecule has 11 heavy (non-hydrogen) atoms. The molecule has 0 amide bonds. The Bertz CT molecular complexity index is 298. The van der Waals surface area contributed by atoms with Crippen molar-refractivity contribution < 1.29 is 13.0 Å². The van der Waals surface area contributed by atoms with Gasteiger partial charge >= 0.3 is 0 Å². The Kier molecular flexibility index (Phi) is 2.79. The van der Waals surface area contributed by atoms with Crippen molar-refractivity contribution >= 4 is 10.1 Å². The summed E-state index contributed by atoms with van der Waals surface area (Å²) < 4.78 is 27.9. The van der Waals surface area contributed by atoms with Crippen LogP contribution < -0.4 is 0 Å². The Morgan fingerprint density at radius 1 is 1.64 bits per heavy atom. The highest BCUT2D eigenvalue weighted by Crippen LogP contribution is 2.15. The molecule has 4 nitrogen and oxygen atoms in total. The third-order valence-electron chi connectivity index (χ3n) is 1.24. The van der Waals surface area contributed by atoms with Crippen LogP contribution in [0.5, 0.6) is 0 Å². The summed E-state index contributed by atoms with van der Waals surface area (Å²) in [6, 6.07) is 1.49. The van der Waals surface area contributed by atoms with E-state index in [1.807, 2.05) is 0 Å². The number of hydrogen-bond acceptors (Lipinski definition) is 3. The lowest BCUT2D eigenvalue weighted by atomic mass is 10.2. The Hall–Kier alpha value is -0.860. The minimum absolute atomic E-state index is 1.13. The summed E-state index contributed by atoms with van der Waals surface area (Å²) in [7, 11) is -4.32. The van der Waals surface area contributed by atoms with Crippen molar-refractivity contribution in [2.24, 2.45) is 0 Å². The third-order valence-corrected chi connectivity index (χ3v) is 2.54. The van der Waals surface area contributed by atoms with Crippen LogP contribution in [-0.4, -0.2) is 17.7 Å². The lowest BCUT2D eigenvalue weighted by molar-refractivity contribution is 0.467. The smallest absolute Gasteiger partial charge is 0.284 e. The van der Waals surface area contributed by atoms with Gasteiger partial charge in [-0.2, -0.15) is 13.7 Å². The van der Waals surface area contributed by atoms with Crippen LogP contribution in [0.4, 0.5) is 0 Å². The molecule has 1 unspecified atom stereocenters. The number of allylic oxidation sites excluding steroid dienone is 1. The number of hydrogen-bond donors (Lipinski definition) is 1. The Morgan fingerprint density at radius 3 is 2.18 bits per heavy atom. The summed E-state index contributed by atoms with van der Waals surface area (Å²) in [5.41, 5.74) is 0. The summed E-state index contributed by atoms with van der Waals surface area (Å²) in [6.45, 7) is 2.70. The average Bonchev–Trinajstić information content (AvgIpc) is 1.86. The molecule has 0 spiro atoms. The quantitative estimate of drug-likeness (QED) is 0.495. The maximum Gasteiger partial charge on any atom is 0.287 e. The van der Waals surface area contributed by atoms with Crippen molar-refractivity contribution in [1.29, 1.82) is 5.26 Å². The van der Waals surface area contributed by atoms with Crippen LogP contribution in [0.1, 0.15) is 13.8 Å². The molecule has 1 N–H and O–H groups in total. The van der Waals surface area contributed by atoms with E-state index < -0.39 is 14.9 Å². The normalized spacial score (nSPS) is 17.6. The van der Waals surface area contributed by atoms with Crippen LogP contribution >= 0.6 is 0 Å². The van der Waals surface area contributed by atoms with Gasteiger partial charge in [0.05, 0.1) is 6.07 Å². The van der Waals surface area contributed by atoms with E-state index in [1.54, 1.807) is 6.92 Å². The zero-order valence-electron chi connectivity index (χ0n) is 6.27. The fourth-order valence-electron chi connectivity index (χ4n) is 0.499. The number of nitrogens with zero attached hydrogens (tertiary/aromatic N) is 1. The molecule has 0 saturated carbocycles. The molecule has 0 heterocycles. The van der Waals surface area contributed by atoms with Gasteiger partial charge in [-0.05, 0) is 13.8 Å². The summed E-state index contributed by atoms with van der Waals surface area (Å²) >= 11 is 0. The maximum atomic E-state index is 10.6. The molecule has 0 aromatic heterocycles. The third kappa shape index (κ3) is 2.03. The molecular formula is C6H9NO3S. The fraction of sp³-hybridized carbons (Fsp3) is 0.500. The first-order chi connectivity index (χ1) is 4.87. The summed E-state index contributed by atoms with van der Waals surface area (Å²) in [4.78, 5) is 0. The molecule has 0 bridgehead atoms. The molecule has 0 radical (unpaired) electrons. The van der Waals surface area contributed by atoms with E-state index in [0.29, 0.717) is 0 Å². The summed E-state index contributed by atoms with van der Waals surface area (Å²) in [5, 5.41) is 8.41. The van der Waals surface area contributed by atoms with Crippen molar-refractivity contribution in [2.75, 3.05) is 0 Å². The van der Waals surface area contributed by atoms with Crippen LogP contribution in [0.2, 0.25) is 0 Å². The van der Waals surface area contributed by atoms with Crippen molar-refractivity contribution in [3.8, 4) is 6.07 Å². The number of nitriles is 1. The second-order valence-corrected chi connectivity index (χ2v) is 3.99. The van der Waals surface area contributed by atoms with Crippen LogP contribution in [-0.2, 0) is 10.1 Å². The maximum absolute atomic E-state index is 10.6. The van der Waals surface area contributed by atoms with Gasteiger partial charge < -0.3 is 0 Å². The first-order valence-electron chi connectivity index (χ1n) is 2.89. The molecule has 0 aliphatic rings. The van der Waals surface area contributed by atoms with E-state index >= 15 is 0 Å². The highest BCUT2D eigenvalue weighted by Gasteiger charge is 2.34. The largest absolute Gasteiger partial charge is 0.287 e. The van der Waals surface area contributed by atoms with Crippen LogP contribution in [0.25, 0.3) is 0 Å². The fourth-order valence-corrected chi connectivity index (χ4v) is 0.922. The van der Waals surface area contributed by atoms with Gasteiger partial charge in [-0.15, -0.1) is 0 Å². The molecule has 0 saturated heterocycles. The second-order valence-electron chi connectivity index (χ2n) is 2.19. The predicted octanol–water partition coefficient (Wildman–Crippen LogP) is 0.733. The SMILES string of the molecule is C/C=C\C(C)(C#N)S(=O)(=O)O. The number of rotatable bonds is 2. The Morgan fingerprint density at radius 2 is 2.09 bits per heavy atom. The molecule has 0 rings (SSSR count). The minimum atomic E-state index is -4.32. The van der Waals surface area contributed by atoms with Gasteiger partial charge in [0.2, 0.25) is 0 Å². The molecule has 62 valence electrons. The van der Waals surface area contributed by atoms with E-state index in [0.717, 1.165) is 13.0 Å². The molecule has 0 aliphatic carbocycles. The van der Waals surface area contributed by atoms with E-state index in [2.05, 4.69) is 0 Å². The molecule has 1 atom stereocenters. The average molecular weight is 175 g/mol. The van der Waals surface area contributed by atoms with E-state index in [9.17, 15) is 8.42 Å². The standard InChI is InChI=1S/C6H9NO3S/c1-3-4-6(2,5-7)11(8,9)10/h3-4H,1-2H3,(H,8,9,10)/b4-3-. The van der Waals surface area contributed by atoms with Gasteiger partial charge in [0, 0.05) is 0 Å². The van der Waals surface area contributed by atoms with E-state index in [-0.39, 0.29) is 0 Å². The predicted molar refractivity (Wildman–Crippen MR) is 40.4 cm³/mol. The van der Waals surface area contributed by atoms with Gasteiger partial charge in [0.15, 0.2) is 4.75 Å². The van der Waals surface area contributed by atoms with Gasteiger partial charge in [-0.25, -0.2) is 0 Å². The molecule has 0 aliphatic heterocycles. The van der Waals surface area contributed by atoms with Gasteiger partial charge in [-0.1, -0.05) is 12.2 Å². The molecule has 5 heteroatoms. The molecule has 0 aromatic rings. The summed E-state index contributed by atoms with van der Waals surface area (Å²) in [5.74, 6) is 0. The van der Waals surface area contributed by atoms with Gasteiger partial charge in [0.25, 0.3) is 10.1 Å². The van der Waals surface area contributed by atoms with Crippen molar-refractivity contribution in [1.82, 2.24) is 0 Å². The van der Waals surface area contributed by atoms with Crippen LogP contribution in [0.3, 0.4) is 0 Å². The van der Waals surface area contributed by atoms with E-state index in [4.69, 9.17) is 9.81 Å². The highest BCUT2D eigenvalue weighted by atomic mass is 32.2. The van der Waals surface area contributed by atoms with Crippen LogP contribution in [0, 0.1) is 11.3 Å². The first kappa shape index (κ1) is 10.1. The molecular weight excluding hydrogens is 166 g/mol. The van der Waals surface area contributed by atoms with E-state index in [1.165, 1.54) is 12.1 Å². The summed E-state index contributed by atoms with van der Waals surface area (Å²) in [6.07, 6.45) is 2.53. The zero-order valence-corrected chi connectivity index (χ0v) is 7.09. The minimum Gasteiger partial charge on any atom is -0.284 e. The van der Waals surface area contributed by atoms with Gasteiger partial charge in [0.1, 0.15) is 0 Å². The molecule has 0 fully saturated rings. The highest BCUT2D eigenvalue weighted by molar-refractivity contribution is 7.87. The topological polar surface area (TPSA) is 78.2 Å². The Balaban J connectivity index is 5.14. The zero-order chi connectivity index (χ0) is 9.12. The molecule has 0 aromatic carbocycles. The monoisotopic (exact) mass is 175 g/mol. The Labute approximate surface area is 65.9 Å². The lowest BCUT2D eigenvalue weighted by Crippen LogP contribution is -2.30. The first-order valence-corrected chi connectivity index (χ1v) is 4.33. The lowest BCUT2D eigenvalue weighted by Gasteiger charge is -2.11.